The number of halogens is 1. The molecule has 1 heterocycles. The molecule has 4 amide bonds. The van der Waals surface area contributed by atoms with E-state index < -0.39 is 18.0 Å². The van der Waals surface area contributed by atoms with Gasteiger partial charge in [-0.1, -0.05) is 6.92 Å². The molecule has 1 fully saturated rings. The van der Waals surface area contributed by atoms with E-state index in [1.807, 2.05) is 6.92 Å². The molecule has 4 rings (SSSR count). The van der Waals surface area contributed by atoms with Gasteiger partial charge in [0.05, 0.1) is 24.8 Å². The lowest BCUT2D eigenvalue weighted by atomic mass is 9.99. The number of hydrogen-bond donors (Lipinski definition) is 3. The lowest BCUT2D eigenvalue weighted by Gasteiger charge is -2.38. The van der Waals surface area contributed by atoms with Crippen molar-refractivity contribution >= 4 is 29.2 Å². The summed E-state index contributed by atoms with van der Waals surface area (Å²) < 4.78 is 19.5. The second-order valence-electron chi connectivity index (χ2n) is 9.91. The van der Waals surface area contributed by atoms with E-state index in [2.05, 4.69) is 10.6 Å². The number of nitrogens with zero attached hydrogens (tertiary/aromatic N) is 2. The summed E-state index contributed by atoms with van der Waals surface area (Å²) in [5.41, 5.74) is 1.25. The van der Waals surface area contributed by atoms with Gasteiger partial charge in [-0.15, -0.1) is 0 Å². The molecule has 3 atom stereocenters. The number of benzene rings is 2. The molecule has 0 spiro atoms. The minimum absolute atomic E-state index is 0.0155. The zero-order valence-electron chi connectivity index (χ0n) is 21.2. The zero-order chi connectivity index (χ0) is 26.7. The number of rotatable bonds is 7. The van der Waals surface area contributed by atoms with Crippen LogP contribution in [-0.4, -0.2) is 71.6 Å². The van der Waals surface area contributed by atoms with E-state index in [1.54, 1.807) is 37.1 Å². The molecule has 9 nitrogen and oxygen atoms in total. The number of aliphatic hydroxyl groups excluding tert-OH is 1. The number of urea groups is 1. The van der Waals surface area contributed by atoms with Crippen molar-refractivity contribution in [3.63, 3.8) is 0 Å². The number of carbonyl (C=O) groups excluding carboxylic acids is 3. The first kappa shape index (κ1) is 26.4. The van der Waals surface area contributed by atoms with Gasteiger partial charge in [0.15, 0.2) is 0 Å². The van der Waals surface area contributed by atoms with Crippen LogP contribution in [0.5, 0.6) is 5.75 Å². The van der Waals surface area contributed by atoms with E-state index in [0.717, 1.165) is 12.8 Å². The third-order valence-electron chi connectivity index (χ3n) is 6.78. The first-order chi connectivity index (χ1) is 17.7. The molecule has 0 radical (unpaired) electrons. The molecule has 2 aliphatic rings. The van der Waals surface area contributed by atoms with Crippen molar-refractivity contribution in [2.24, 2.45) is 11.8 Å². The van der Waals surface area contributed by atoms with Gasteiger partial charge >= 0.3 is 6.03 Å². The summed E-state index contributed by atoms with van der Waals surface area (Å²) in [5.74, 6) is -0.586. The molecule has 1 saturated carbocycles. The van der Waals surface area contributed by atoms with Gasteiger partial charge in [0.1, 0.15) is 17.7 Å². The van der Waals surface area contributed by atoms with Crippen LogP contribution in [0.2, 0.25) is 0 Å². The number of carbonyl (C=O) groups is 3. The van der Waals surface area contributed by atoms with Crippen molar-refractivity contribution in [3.8, 4) is 5.75 Å². The number of nitrogens with one attached hydrogen (secondary N) is 2. The highest BCUT2D eigenvalue weighted by atomic mass is 19.1. The predicted molar refractivity (Wildman–Crippen MR) is 137 cm³/mol. The molecule has 3 N–H and O–H groups in total. The summed E-state index contributed by atoms with van der Waals surface area (Å²) >= 11 is 0. The Kier molecular flexibility index (Phi) is 7.97. The second kappa shape index (κ2) is 11.2. The summed E-state index contributed by atoms with van der Waals surface area (Å²) in [4.78, 5) is 41.6. The number of anilines is 2. The maximum absolute atomic E-state index is 13.5. The van der Waals surface area contributed by atoms with Gasteiger partial charge in [-0.2, -0.15) is 0 Å². The Morgan fingerprint density at radius 1 is 1.16 bits per heavy atom. The number of likely N-dealkylation sites (N-methyl/N-ethyl adjacent to an activating group) is 1. The minimum atomic E-state index is -0.476. The van der Waals surface area contributed by atoms with Gasteiger partial charge in [0.25, 0.3) is 5.91 Å². The van der Waals surface area contributed by atoms with Crippen molar-refractivity contribution in [3.05, 3.63) is 53.8 Å². The quantitative estimate of drug-likeness (QED) is 0.525. The van der Waals surface area contributed by atoms with Crippen LogP contribution < -0.4 is 15.4 Å². The van der Waals surface area contributed by atoms with Gasteiger partial charge < -0.3 is 30.3 Å². The maximum Gasteiger partial charge on any atom is 0.321 e. The molecule has 0 aromatic heterocycles. The molecule has 1 aliphatic carbocycles. The molecule has 0 saturated heterocycles. The van der Waals surface area contributed by atoms with Gasteiger partial charge in [0.2, 0.25) is 5.91 Å². The van der Waals surface area contributed by atoms with Crippen LogP contribution in [-0.2, 0) is 4.79 Å². The third-order valence-corrected chi connectivity index (χ3v) is 6.78. The van der Waals surface area contributed by atoms with E-state index in [-0.39, 0.29) is 48.4 Å². The summed E-state index contributed by atoms with van der Waals surface area (Å²) in [6.07, 6.45) is 1.25. The summed E-state index contributed by atoms with van der Waals surface area (Å²) in [7, 11) is 1.63. The Morgan fingerprint density at radius 3 is 2.49 bits per heavy atom. The van der Waals surface area contributed by atoms with Crippen molar-refractivity contribution in [1.29, 1.82) is 0 Å². The topological polar surface area (TPSA) is 111 Å². The van der Waals surface area contributed by atoms with E-state index in [1.165, 1.54) is 29.2 Å². The highest BCUT2D eigenvalue weighted by molar-refractivity contribution is 6.00. The van der Waals surface area contributed by atoms with Gasteiger partial charge in [-0.25, -0.2) is 9.18 Å². The summed E-state index contributed by atoms with van der Waals surface area (Å²) in [5, 5.41) is 15.4. The molecule has 2 aromatic carbocycles. The standard InChI is InChI=1S/C27H33FN4O5/c1-16-13-32(17(2)15-33)26(35)22-12-21(29-25(34)18-4-5-18)10-11-23(22)37-24(16)14-31(3)27(36)30-20-8-6-19(28)7-9-20/h6-12,16-18,24,33H,4-5,13-15H2,1-3H3,(H,29,34)(H,30,36)/t16-,17-,24+/m0/s1. The van der Waals surface area contributed by atoms with Crippen LogP contribution in [0.4, 0.5) is 20.6 Å². The fourth-order valence-electron chi connectivity index (χ4n) is 4.21. The molecular weight excluding hydrogens is 479 g/mol. The van der Waals surface area contributed by atoms with Crippen LogP contribution in [0.1, 0.15) is 37.0 Å². The largest absolute Gasteiger partial charge is 0.487 e. The lowest BCUT2D eigenvalue weighted by molar-refractivity contribution is -0.117. The van der Waals surface area contributed by atoms with Crippen molar-refractivity contribution < 1.29 is 28.6 Å². The number of aliphatic hydroxyl groups is 1. The van der Waals surface area contributed by atoms with Crippen LogP contribution in [0.25, 0.3) is 0 Å². The zero-order valence-corrected chi connectivity index (χ0v) is 21.2. The molecule has 0 unspecified atom stereocenters. The third kappa shape index (κ3) is 6.37. The Labute approximate surface area is 215 Å². The first-order valence-electron chi connectivity index (χ1n) is 12.5. The SMILES string of the molecule is C[C@H]1CN([C@@H](C)CO)C(=O)c2cc(NC(=O)C3CC3)ccc2O[C@@H]1CN(C)C(=O)Nc1ccc(F)cc1. The van der Waals surface area contributed by atoms with Gasteiger partial charge in [-0.05, 0) is 62.2 Å². The summed E-state index contributed by atoms with van der Waals surface area (Å²) in [6.45, 7) is 4.00. The number of amides is 4. The lowest BCUT2D eigenvalue weighted by Crippen LogP contribution is -2.50. The molecular formula is C27H33FN4O5. The average Bonchev–Trinajstić information content (AvgIpc) is 3.73. The van der Waals surface area contributed by atoms with Gasteiger partial charge in [0, 0.05) is 36.8 Å². The monoisotopic (exact) mass is 512 g/mol. The van der Waals surface area contributed by atoms with E-state index in [9.17, 15) is 23.9 Å². The van der Waals surface area contributed by atoms with Crippen molar-refractivity contribution in [1.82, 2.24) is 9.80 Å². The van der Waals surface area contributed by atoms with Crippen LogP contribution in [0, 0.1) is 17.7 Å². The molecule has 0 bridgehead atoms. The molecule has 10 heteroatoms. The highest BCUT2D eigenvalue weighted by Crippen LogP contribution is 2.33. The predicted octanol–water partition coefficient (Wildman–Crippen LogP) is 3.56. The van der Waals surface area contributed by atoms with Crippen molar-refractivity contribution in [2.75, 3.05) is 37.4 Å². The fourth-order valence-corrected chi connectivity index (χ4v) is 4.21. The Morgan fingerprint density at radius 2 is 1.84 bits per heavy atom. The van der Waals surface area contributed by atoms with E-state index >= 15 is 0 Å². The summed E-state index contributed by atoms with van der Waals surface area (Å²) in [6, 6.07) is 9.61. The number of fused-ring (bicyclic) bond motifs is 1. The first-order valence-corrected chi connectivity index (χ1v) is 12.5. The Balaban J connectivity index is 1.56. The normalized spacial score (nSPS) is 20.1. The van der Waals surface area contributed by atoms with E-state index in [0.29, 0.717) is 23.7 Å². The smallest absolute Gasteiger partial charge is 0.321 e. The number of hydrogen-bond acceptors (Lipinski definition) is 5. The fraction of sp³-hybridized carbons (Fsp3) is 0.444. The highest BCUT2D eigenvalue weighted by Gasteiger charge is 2.35. The van der Waals surface area contributed by atoms with Crippen LogP contribution in [0.3, 0.4) is 0 Å². The van der Waals surface area contributed by atoms with Crippen LogP contribution >= 0.6 is 0 Å². The minimum Gasteiger partial charge on any atom is -0.487 e. The average molecular weight is 513 g/mol. The molecule has 198 valence electrons. The Bertz CT molecular complexity index is 1150. The molecule has 1 aliphatic heterocycles. The molecule has 37 heavy (non-hydrogen) atoms. The van der Waals surface area contributed by atoms with Crippen molar-refractivity contribution in [2.45, 2.75) is 38.8 Å². The maximum atomic E-state index is 13.5. The van der Waals surface area contributed by atoms with E-state index in [4.69, 9.17) is 4.74 Å². The van der Waals surface area contributed by atoms with Crippen LogP contribution in [0.15, 0.2) is 42.5 Å². The Hall–Kier alpha value is -3.66. The molecule has 2 aromatic rings. The second-order valence-corrected chi connectivity index (χ2v) is 9.91. The van der Waals surface area contributed by atoms with Gasteiger partial charge in [-0.3, -0.25) is 9.59 Å². The number of ether oxygens (including phenoxy) is 1.